The Morgan fingerprint density at radius 2 is 1.77 bits per heavy atom. The van der Waals surface area contributed by atoms with Crippen LogP contribution < -0.4 is 4.74 Å². The topological polar surface area (TPSA) is 44.1 Å². The van der Waals surface area contributed by atoms with Gasteiger partial charge in [-0.1, -0.05) is 24.3 Å². The maximum atomic E-state index is 12.6. The number of ether oxygens (including phenoxy) is 1. The van der Waals surface area contributed by atoms with Crippen molar-refractivity contribution in [1.82, 2.24) is 9.78 Å². The summed E-state index contributed by atoms with van der Waals surface area (Å²) in [6.07, 6.45) is 0. The molecule has 0 aliphatic carbocycles. The molecule has 0 spiro atoms. The zero-order chi connectivity index (χ0) is 18.3. The zero-order valence-electron chi connectivity index (χ0n) is 14.8. The van der Waals surface area contributed by atoms with Gasteiger partial charge in [-0.15, -0.1) is 11.3 Å². The third-order valence-corrected chi connectivity index (χ3v) is 5.53. The van der Waals surface area contributed by atoms with Gasteiger partial charge in [0.2, 0.25) is 0 Å². The van der Waals surface area contributed by atoms with E-state index in [1.54, 1.807) is 0 Å². The Labute approximate surface area is 155 Å². The smallest absolute Gasteiger partial charge is 0.353 e. The normalized spacial score (nSPS) is 11.0. The first-order valence-corrected chi connectivity index (χ1v) is 9.18. The molecule has 0 saturated heterocycles. The number of hydrogen-bond acceptors (Lipinski definition) is 4. The summed E-state index contributed by atoms with van der Waals surface area (Å²) in [7, 11) is 0. The Balaban J connectivity index is 1.69. The third-order valence-electron chi connectivity index (χ3n) is 4.44. The molecule has 2 aromatic carbocycles. The number of fused-ring (bicyclic) bond motifs is 1. The fraction of sp³-hybridized carbons (Fsp3) is 0.143. The van der Waals surface area contributed by atoms with Crippen molar-refractivity contribution in [3.05, 3.63) is 76.3 Å². The first kappa shape index (κ1) is 16.5. The summed E-state index contributed by atoms with van der Waals surface area (Å²) >= 11 is 1.40. The number of hydrogen-bond donors (Lipinski definition) is 0. The number of esters is 1. The van der Waals surface area contributed by atoms with Gasteiger partial charge in [-0.05, 0) is 62.2 Å². The van der Waals surface area contributed by atoms with Crippen LogP contribution in [0.25, 0.3) is 15.9 Å². The Morgan fingerprint density at radius 1 is 1.00 bits per heavy atom. The van der Waals surface area contributed by atoms with Crippen molar-refractivity contribution >= 4 is 27.5 Å². The largest absolute Gasteiger partial charge is 0.422 e. The lowest BCUT2D eigenvalue weighted by atomic mass is 10.1. The van der Waals surface area contributed by atoms with Gasteiger partial charge < -0.3 is 4.74 Å². The quantitative estimate of drug-likeness (QED) is 0.370. The molecular weight excluding hydrogens is 344 g/mol. The Morgan fingerprint density at radius 3 is 2.50 bits per heavy atom. The molecule has 2 heterocycles. The number of aromatic nitrogens is 2. The van der Waals surface area contributed by atoms with E-state index in [1.807, 2.05) is 80.1 Å². The van der Waals surface area contributed by atoms with Gasteiger partial charge in [-0.3, -0.25) is 0 Å². The fourth-order valence-corrected chi connectivity index (χ4v) is 3.89. The minimum atomic E-state index is -0.339. The van der Waals surface area contributed by atoms with E-state index in [4.69, 9.17) is 4.74 Å². The van der Waals surface area contributed by atoms with E-state index in [0.717, 1.165) is 27.2 Å². The molecule has 0 unspecified atom stereocenters. The van der Waals surface area contributed by atoms with Crippen molar-refractivity contribution in [2.75, 3.05) is 0 Å². The molecule has 4 nitrogen and oxygen atoms in total. The summed E-state index contributed by atoms with van der Waals surface area (Å²) in [6.45, 7) is 5.99. The Bertz CT molecular complexity index is 1110. The van der Waals surface area contributed by atoms with Crippen molar-refractivity contribution in [3.8, 4) is 11.4 Å². The lowest BCUT2D eigenvalue weighted by Crippen LogP contribution is -2.06. The molecule has 4 rings (SSSR count). The van der Waals surface area contributed by atoms with Crippen LogP contribution in [0.4, 0.5) is 0 Å². The van der Waals surface area contributed by atoms with Gasteiger partial charge in [0, 0.05) is 5.39 Å². The van der Waals surface area contributed by atoms with Crippen molar-refractivity contribution in [1.29, 1.82) is 0 Å². The monoisotopic (exact) mass is 362 g/mol. The van der Waals surface area contributed by atoms with Gasteiger partial charge in [0.1, 0.15) is 15.5 Å². The summed E-state index contributed by atoms with van der Waals surface area (Å²) in [4.78, 5) is 14.1. The van der Waals surface area contributed by atoms with E-state index < -0.39 is 0 Å². The number of para-hydroxylation sites is 1. The second-order valence-electron chi connectivity index (χ2n) is 6.30. The molecule has 5 heteroatoms. The van der Waals surface area contributed by atoms with E-state index in [-0.39, 0.29) is 5.97 Å². The first-order chi connectivity index (χ1) is 12.5. The number of benzene rings is 2. The predicted molar refractivity (Wildman–Crippen MR) is 105 cm³/mol. The van der Waals surface area contributed by atoms with Crippen LogP contribution in [-0.4, -0.2) is 15.7 Å². The van der Waals surface area contributed by atoms with Crippen molar-refractivity contribution in [2.45, 2.75) is 20.8 Å². The second-order valence-corrected chi connectivity index (χ2v) is 7.33. The van der Waals surface area contributed by atoms with Crippen LogP contribution in [0.2, 0.25) is 0 Å². The molecule has 26 heavy (non-hydrogen) atoms. The molecule has 0 bridgehead atoms. The number of thiophene rings is 1. The van der Waals surface area contributed by atoms with Crippen molar-refractivity contribution in [2.24, 2.45) is 0 Å². The van der Waals surface area contributed by atoms with Gasteiger partial charge in [-0.2, -0.15) is 5.10 Å². The minimum absolute atomic E-state index is 0.339. The maximum absolute atomic E-state index is 12.6. The zero-order valence-corrected chi connectivity index (χ0v) is 15.6. The summed E-state index contributed by atoms with van der Waals surface area (Å²) in [5.74, 6) is 0.227. The van der Waals surface area contributed by atoms with Crippen LogP contribution in [0.5, 0.6) is 5.75 Å². The fourth-order valence-electron chi connectivity index (χ4n) is 2.83. The highest BCUT2D eigenvalue weighted by atomic mass is 32.1. The van der Waals surface area contributed by atoms with Crippen molar-refractivity contribution < 1.29 is 9.53 Å². The summed E-state index contributed by atoms with van der Waals surface area (Å²) in [5, 5.41) is 5.58. The molecule has 130 valence electrons. The molecule has 0 radical (unpaired) electrons. The standard InChI is InChI=1S/C21H18N2O2S/c1-13-9-10-17(11-14(13)2)25-21(24)19-12-18-15(3)22-23(20(18)26-19)16-7-5-4-6-8-16/h4-12H,1-3H3. The summed E-state index contributed by atoms with van der Waals surface area (Å²) < 4.78 is 7.44. The molecule has 0 aliphatic heterocycles. The summed E-state index contributed by atoms with van der Waals surface area (Å²) in [5.41, 5.74) is 4.14. The average Bonchev–Trinajstić information content (AvgIpc) is 3.20. The lowest BCUT2D eigenvalue weighted by molar-refractivity contribution is 0.0740. The van der Waals surface area contributed by atoms with E-state index in [9.17, 15) is 4.79 Å². The molecule has 0 atom stereocenters. The summed E-state index contributed by atoms with van der Waals surface area (Å²) in [6, 6.07) is 17.4. The number of nitrogens with zero attached hydrogens (tertiary/aromatic N) is 2. The van der Waals surface area contributed by atoms with E-state index >= 15 is 0 Å². The Kier molecular flexibility index (Phi) is 4.09. The maximum Gasteiger partial charge on any atom is 0.353 e. The van der Waals surface area contributed by atoms with Gasteiger partial charge in [0.15, 0.2) is 0 Å². The number of carbonyl (C=O) groups is 1. The number of carbonyl (C=O) groups excluding carboxylic acids is 1. The highest BCUT2D eigenvalue weighted by molar-refractivity contribution is 7.20. The number of rotatable bonds is 3. The van der Waals surface area contributed by atoms with Gasteiger partial charge in [0.05, 0.1) is 11.4 Å². The molecular formula is C21H18N2O2S. The third kappa shape index (κ3) is 2.91. The SMILES string of the molecule is Cc1ccc(OC(=O)c2cc3c(C)nn(-c4ccccc4)c3s2)cc1C. The number of aryl methyl sites for hydroxylation is 3. The second kappa shape index (κ2) is 6.42. The molecule has 0 saturated carbocycles. The van der Waals surface area contributed by atoms with Crippen LogP contribution in [0.1, 0.15) is 26.5 Å². The molecule has 4 aromatic rings. The predicted octanol–water partition coefficient (Wildman–Crippen LogP) is 5.23. The van der Waals surface area contributed by atoms with E-state index in [2.05, 4.69) is 5.10 Å². The molecule has 0 amide bonds. The highest BCUT2D eigenvalue weighted by Gasteiger charge is 2.18. The van der Waals surface area contributed by atoms with Gasteiger partial charge >= 0.3 is 5.97 Å². The lowest BCUT2D eigenvalue weighted by Gasteiger charge is -2.05. The van der Waals surface area contributed by atoms with E-state index in [0.29, 0.717) is 10.6 Å². The molecule has 2 aromatic heterocycles. The average molecular weight is 362 g/mol. The first-order valence-electron chi connectivity index (χ1n) is 8.37. The Hall–Kier alpha value is -2.92. The van der Waals surface area contributed by atoms with Crippen molar-refractivity contribution in [3.63, 3.8) is 0 Å². The minimum Gasteiger partial charge on any atom is -0.422 e. The van der Waals surface area contributed by atoms with Gasteiger partial charge in [-0.25, -0.2) is 9.48 Å². The van der Waals surface area contributed by atoms with Crippen LogP contribution in [0.15, 0.2) is 54.6 Å². The van der Waals surface area contributed by atoms with Crippen LogP contribution in [0, 0.1) is 20.8 Å². The van der Waals surface area contributed by atoms with Crippen LogP contribution in [-0.2, 0) is 0 Å². The highest BCUT2D eigenvalue weighted by Crippen LogP contribution is 2.31. The molecule has 0 aliphatic rings. The van der Waals surface area contributed by atoms with E-state index in [1.165, 1.54) is 16.9 Å². The van der Waals surface area contributed by atoms with Gasteiger partial charge in [0.25, 0.3) is 0 Å². The molecule has 0 fully saturated rings. The van der Waals surface area contributed by atoms with Crippen LogP contribution in [0.3, 0.4) is 0 Å². The molecule has 0 N–H and O–H groups in total. The van der Waals surface area contributed by atoms with Crippen LogP contribution >= 0.6 is 11.3 Å².